The number of ether oxygens (including phenoxy) is 2. The van der Waals surface area contributed by atoms with E-state index in [0.29, 0.717) is 39.2 Å². The van der Waals surface area contributed by atoms with E-state index in [-0.39, 0.29) is 27.8 Å². The number of esters is 1. The van der Waals surface area contributed by atoms with Crippen molar-refractivity contribution < 1.29 is 23.9 Å². The minimum absolute atomic E-state index is 0.153. The number of nitrogens with one attached hydrogen (secondary N) is 2. The second kappa shape index (κ2) is 13.8. The molecule has 11 heteroatoms. The van der Waals surface area contributed by atoms with Crippen LogP contribution in [-0.2, 0) is 0 Å². The number of hydrogen-bond donors (Lipinski definition) is 2. The van der Waals surface area contributed by atoms with E-state index in [1.54, 1.807) is 67.6 Å². The van der Waals surface area contributed by atoms with Gasteiger partial charge in [0.05, 0.1) is 23.4 Å². The minimum Gasteiger partial charge on any atom is -0.490 e. The summed E-state index contributed by atoms with van der Waals surface area (Å²) in [5, 5.41) is 7.83. The zero-order valence-electron chi connectivity index (χ0n) is 21.5. The van der Waals surface area contributed by atoms with E-state index in [0.717, 1.165) is 0 Å². The van der Waals surface area contributed by atoms with E-state index in [1.807, 2.05) is 0 Å². The molecule has 4 aromatic carbocycles. The summed E-state index contributed by atoms with van der Waals surface area (Å²) in [5.74, 6) is -1.02. The molecule has 0 radical (unpaired) electrons. The number of halogens is 3. The standard InChI is InChI=1S/C30H22Cl3N3O5/c1-2-40-27-14-18(6-13-26(27)41-30(39)24-12-11-22(32)16-25(24)33)17-34-36-29(38)20-4-3-5-23(15-20)35-28(37)19-7-9-21(31)10-8-19/h3-17H,2H2,1H3,(H,35,37)(H,36,38). The van der Waals surface area contributed by atoms with Crippen molar-refractivity contribution >= 4 is 64.5 Å². The molecule has 0 aliphatic rings. The molecule has 208 valence electrons. The first-order valence-corrected chi connectivity index (χ1v) is 13.3. The van der Waals surface area contributed by atoms with Crippen molar-refractivity contribution in [1.82, 2.24) is 5.43 Å². The van der Waals surface area contributed by atoms with Gasteiger partial charge in [0.2, 0.25) is 0 Å². The van der Waals surface area contributed by atoms with E-state index in [4.69, 9.17) is 44.3 Å². The van der Waals surface area contributed by atoms with Gasteiger partial charge in [-0.25, -0.2) is 10.2 Å². The molecule has 0 bridgehead atoms. The summed E-state index contributed by atoms with van der Waals surface area (Å²) in [6, 6.07) is 22.1. The molecule has 0 unspecified atom stereocenters. The molecule has 4 aromatic rings. The zero-order chi connectivity index (χ0) is 29.4. The highest BCUT2D eigenvalue weighted by atomic mass is 35.5. The molecule has 4 rings (SSSR count). The Labute approximate surface area is 250 Å². The maximum Gasteiger partial charge on any atom is 0.345 e. The molecule has 0 spiro atoms. The lowest BCUT2D eigenvalue weighted by molar-refractivity contribution is 0.0728. The highest BCUT2D eigenvalue weighted by molar-refractivity contribution is 6.36. The minimum atomic E-state index is -0.673. The highest BCUT2D eigenvalue weighted by Gasteiger charge is 2.16. The molecule has 0 aliphatic carbocycles. The molecule has 2 amide bonds. The third kappa shape index (κ3) is 8.08. The van der Waals surface area contributed by atoms with Crippen molar-refractivity contribution in [1.29, 1.82) is 0 Å². The van der Waals surface area contributed by atoms with Crippen LogP contribution in [0.25, 0.3) is 0 Å². The normalized spacial score (nSPS) is 10.7. The van der Waals surface area contributed by atoms with Gasteiger partial charge in [-0.1, -0.05) is 40.9 Å². The van der Waals surface area contributed by atoms with Crippen LogP contribution < -0.4 is 20.2 Å². The smallest absolute Gasteiger partial charge is 0.345 e. The number of nitrogens with zero attached hydrogens (tertiary/aromatic N) is 1. The second-order valence-corrected chi connectivity index (χ2v) is 9.67. The topological polar surface area (TPSA) is 106 Å². The summed E-state index contributed by atoms with van der Waals surface area (Å²) >= 11 is 17.9. The Morgan fingerprint density at radius 3 is 2.29 bits per heavy atom. The maximum absolute atomic E-state index is 12.7. The number of anilines is 1. The lowest BCUT2D eigenvalue weighted by Crippen LogP contribution is -2.18. The van der Waals surface area contributed by atoms with Crippen LogP contribution in [0.4, 0.5) is 5.69 Å². The molecule has 0 saturated heterocycles. The molecule has 0 saturated carbocycles. The summed E-state index contributed by atoms with van der Waals surface area (Å²) in [6.07, 6.45) is 1.41. The predicted octanol–water partition coefficient (Wildman–Crippen LogP) is 7.28. The number of carbonyl (C=O) groups excluding carboxylic acids is 3. The third-order valence-electron chi connectivity index (χ3n) is 5.49. The Morgan fingerprint density at radius 2 is 1.56 bits per heavy atom. The Bertz CT molecular complexity index is 1620. The van der Waals surface area contributed by atoms with E-state index < -0.39 is 11.9 Å². The lowest BCUT2D eigenvalue weighted by atomic mass is 10.1. The van der Waals surface area contributed by atoms with Crippen LogP contribution in [0.3, 0.4) is 0 Å². The quantitative estimate of drug-likeness (QED) is 0.0897. The predicted molar refractivity (Wildman–Crippen MR) is 160 cm³/mol. The van der Waals surface area contributed by atoms with Crippen molar-refractivity contribution in [2.75, 3.05) is 11.9 Å². The molecular weight excluding hydrogens is 589 g/mol. The van der Waals surface area contributed by atoms with Crippen molar-refractivity contribution in [3.63, 3.8) is 0 Å². The van der Waals surface area contributed by atoms with E-state index >= 15 is 0 Å². The van der Waals surface area contributed by atoms with Crippen LogP contribution in [0.1, 0.15) is 43.6 Å². The van der Waals surface area contributed by atoms with Gasteiger partial charge in [-0.05, 0) is 91.3 Å². The first-order chi connectivity index (χ1) is 19.7. The van der Waals surface area contributed by atoms with Gasteiger partial charge in [0.1, 0.15) is 0 Å². The zero-order valence-corrected chi connectivity index (χ0v) is 23.8. The Kier molecular flexibility index (Phi) is 9.97. The third-order valence-corrected chi connectivity index (χ3v) is 6.29. The van der Waals surface area contributed by atoms with Crippen molar-refractivity contribution in [2.24, 2.45) is 5.10 Å². The highest BCUT2D eigenvalue weighted by Crippen LogP contribution is 2.30. The van der Waals surface area contributed by atoms with Crippen molar-refractivity contribution in [3.8, 4) is 11.5 Å². The van der Waals surface area contributed by atoms with Crippen LogP contribution in [0.2, 0.25) is 15.1 Å². The van der Waals surface area contributed by atoms with E-state index in [9.17, 15) is 14.4 Å². The summed E-state index contributed by atoms with van der Waals surface area (Å²) < 4.78 is 11.1. The van der Waals surface area contributed by atoms with Gasteiger partial charge in [0.15, 0.2) is 11.5 Å². The maximum atomic E-state index is 12.7. The summed E-state index contributed by atoms with van der Waals surface area (Å²) in [7, 11) is 0. The lowest BCUT2D eigenvalue weighted by Gasteiger charge is -2.12. The van der Waals surface area contributed by atoms with E-state index in [2.05, 4.69) is 15.8 Å². The van der Waals surface area contributed by atoms with Gasteiger partial charge in [-0.3, -0.25) is 9.59 Å². The van der Waals surface area contributed by atoms with Crippen LogP contribution in [0.15, 0.2) is 90.0 Å². The van der Waals surface area contributed by atoms with E-state index in [1.165, 1.54) is 30.5 Å². The van der Waals surface area contributed by atoms with Crippen LogP contribution in [0.5, 0.6) is 11.5 Å². The molecule has 2 N–H and O–H groups in total. The van der Waals surface area contributed by atoms with Crippen LogP contribution in [0, 0.1) is 0 Å². The number of hydrogen-bond acceptors (Lipinski definition) is 6. The SMILES string of the molecule is CCOc1cc(C=NNC(=O)c2cccc(NC(=O)c3ccc(Cl)cc3)c2)ccc1OC(=O)c1ccc(Cl)cc1Cl. The number of hydrazone groups is 1. The van der Waals surface area contributed by atoms with Crippen LogP contribution >= 0.6 is 34.8 Å². The van der Waals surface area contributed by atoms with Gasteiger partial charge in [0, 0.05) is 26.9 Å². The monoisotopic (exact) mass is 609 g/mol. The molecular formula is C30H22Cl3N3O5. The molecule has 0 heterocycles. The number of benzene rings is 4. The number of carbonyl (C=O) groups is 3. The first kappa shape index (κ1) is 29.6. The van der Waals surface area contributed by atoms with Gasteiger partial charge >= 0.3 is 5.97 Å². The van der Waals surface area contributed by atoms with Crippen LogP contribution in [-0.4, -0.2) is 30.6 Å². The fraction of sp³-hybridized carbons (Fsp3) is 0.0667. The summed E-state index contributed by atoms with van der Waals surface area (Å²) in [6.45, 7) is 2.10. The molecule has 0 aliphatic heterocycles. The summed E-state index contributed by atoms with van der Waals surface area (Å²) in [4.78, 5) is 37.7. The van der Waals surface area contributed by atoms with Crippen molar-refractivity contribution in [2.45, 2.75) is 6.92 Å². The fourth-order valence-corrected chi connectivity index (χ4v) is 4.15. The molecule has 0 atom stereocenters. The molecule has 8 nitrogen and oxygen atoms in total. The average Bonchev–Trinajstić information content (AvgIpc) is 2.95. The number of amides is 2. The first-order valence-electron chi connectivity index (χ1n) is 12.2. The van der Waals surface area contributed by atoms with Crippen molar-refractivity contribution in [3.05, 3.63) is 122 Å². The second-order valence-electron chi connectivity index (χ2n) is 8.39. The number of rotatable bonds is 9. The molecule has 0 aromatic heterocycles. The molecule has 41 heavy (non-hydrogen) atoms. The van der Waals surface area contributed by atoms with Gasteiger partial charge in [0.25, 0.3) is 11.8 Å². The van der Waals surface area contributed by atoms with Gasteiger partial charge in [-0.15, -0.1) is 0 Å². The molecule has 0 fully saturated rings. The Hall–Kier alpha value is -4.37. The van der Waals surface area contributed by atoms with Gasteiger partial charge in [-0.2, -0.15) is 5.10 Å². The Balaban J connectivity index is 1.40. The fourth-order valence-electron chi connectivity index (χ4n) is 3.54. The Morgan fingerprint density at radius 1 is 0.805 bits per heavy atom. The average molecular weight is 611 g/mol. The largest absolute Gasteiger partial charge is 0.490 e. The van der Waals surface area contributed by atoms with Gasteiger partial charge < -0.3 is 14.8 Å². The summed E-state index contributed by atoms with van der Waals surface area (Å²) in [5.41, 5.74) is 4.32.